The van der Waals surface area contributed by atoms with Gasteiger partial charge in [0, 0.05) is 58.2 Å². The molecule has 1 aliphatic rings. The first-order valence-corrected chi connectivity index (χ1v) is 12.8. The Morgan fingerprint density at radius 3 is 2.19 bits per heavy atom. The molecular weight excluding hydrogens is 464 g/mol. The number of anilines is 2. The van der Waals surface area contributed by atoms with Crippen LogP contribution in [0.3, 0.4) is 0 Å². The summed E-state index contributed by atoms with van der Waals surface area (Å²) >= 11 is 0. The lowest BCUT2D eigenvalue weighted by atomic mass is 10.0. The number of carbonyl (C=O) groups is 1. The van der Waals surface area contributed by atoms with Crippen molar-refractivity contribution in [1.82, 2.24) is 10.2 Å². The van der Waals surface area contributed by atoms with Gasteiger partial charge in [0.25, 0.3) is 0 Å². The highest BCUT2D eigenvalue weighted by Gasteiger charge is 2.26. The molecule has 1 amide bonds. The topological polar surface area (TPSA) is 57.3 Å². The molecule has 3 aromatic carbocycles. The fourth-order valence-electron chi connectivity index (χ4n) is 4.83. The van der Waals surface area contributed by atoms with E-state index in [1.807, 2.05) is 32.3 Å². The third kappa shape index (κ3) is 6.74. The lowest BCUT2D eigenvalue weighted by Gasteiger charge is -2.40. The van der Waals surface area contributed by atoms with Crippen LogP contribution in [0, 0.1) is 0 Å². The standard InChI is InChI=1S/C30H38N4O3/c1-32(2)25-13-11-24(12-14-25)27(34-18-16-33(17-19-34)26-8-6-5-7-9-26)22-31-30(35)21-23-10-15-28(36-3)29(20-23)37-4/h5-15,20,27H,16-19,21-22H2,1-4H3,(H,31,35). The maximum absolute atomic E-state index is 12.9. The Kier molecular flexibility index (Phi) is 8.90. The van der Waals surface area contributed by atoms with Gasteiger partial charge in [0.05, 0.1) is 26.7 Å². The Bertz CT molecular complexity index is 1140. The van der Waals surface area contributed by atoms with E-state index >= 15 is 0 Å². The molecule has 0 aromatic heterocycles. The maximum atomic E-state index is 12.9. The van der Waals surface area contributed by atoms with E-state index in [0.717, 1.165) is 37.4 Å². The number of para-hydroxylation sites is 1. The number of piperazine rings is 1. The van der Waals surface area contributed by atoms with Crippen LogP contribution in [-0.4, -0.2) is 71.8 Å². The number of nitrogens with one attached hydrogen (secondary N) is 1. The quantitative estimate of drug-likeness (QED) is 0.453. The number of nitrogens with zero attached hydrogens (tertiary/aromatic N) is 3. The largest absolute Gasteiger partial charge is 0.493 e. The number of ether oxygens (including phenoxy) is 2. The molecule has 0 aliphatic carbocycles. The van der Waals surface area contributed by atoms with Crippen LogP contribution in [0.4, 0.5) is 11.4 Å². The molecule has 1 heterocycles. The minimum absolute atomic E-state index is 0.00921. The molecule has 1 aliphatic heterocycles. The third-order valence-corrected chi connectivity index (χ3v) is 6.98. The van der Waals surface area contributed by atoms with Crippen LogP contribution < -0.4 is 24.6 Å². The first-order valence-electron chi connectivity index (χ1n) is 12.8. The van der Waals surface area contributed by atoms with E-state index in [0.29, 0.717) is 18.0 Å². The summed E-state index contributed by atoms with van der Waals surface area (Å²) in [5.41, 5.74) is 4.52. The normalized spacial score (nSPS) is 14.6. The van der Waals surface area contributed by atoms with Crippen molar-refractivity contribution < 1.29 is 14.3 Å². The lowest BCUT2D eigenvalue weighted by Crippen LogP contribution is -2.50. The van der Waals surface area contributed by atoms with Gasteiger partial charge in [-0.15, -0.1) is 0 Å². The average Bonchev–Trinajstić information content (AvgIpc) is 2.94. The van der Waals surface area contributed by atoms with E-state index < -0.39 is 0 Å². The molecular formula is C30H38N4O3. The third-order valence-electron chi connectivity index (χ3n) is 6.98. The molecule has 7 nitrogen and oxygen atoms in total. The van der Waals surface area contributed by atoms with Gasteiger partial charge >= 0.3 is 0 Å². The summed E-state index contributed by atoms with van der Waals surface area (Å²) in [6.45, 7) is 4.33. The molecule has 0 saturated carbocycles. The van der Waals surface area contributed by atoms with Crippen molar-refractivity contribution >= 4 is 17.3 Å². The number of hydrogen-bond donors (Lipinski definition) is 1. The number of hydrogen-bond acceptors (Lipinski definition) is 6. The molecule has 1 unspecified atom stereocenters. The van der Waals surface area contributed by atoms with Crippen LogP contribution in [0.5, 0.6) is 11.5 Å². The monoisotopic (exact) mass is 502 g/mol. The molecule has 4 rings (SSSR count). The van der Waals surface area contributed by atoms with Crippen LogP contribution in [0.2, 0.25) is 0 Å². The molecule has 1 N–H and O–H groups in total. The Labute approximate surface area is 220 Å². The van der Waals surface area contributed by atoms with Gasteiger partial charge in [-0.05, 0) is 47.5 Å². The first-order chi connectivity index (χ1) is 18.0. The van der Waals surface area contributed by atoms with Gasteiger partial charge in [0.15, 0.2) is 11.5 Å². The highest BCUT2D eigenvalue weighted by Crippen LogP contribution is 2.28. The fourth-order valence-corrected chi connectivity index (χ4v) is 4.83. The second kappa shape index (κ2) is 12.5. The number of amides is 1. The molecule has 1 saturated heterocycles. The van der Waals surface area contributed by atoms with Gasteiger partial charge in [-0.25, -0.2) is 0 Å². The Morgan fingerprint density at radius 1 is 0.892 bits per heavy atom. The molecule has 0 radical (unpaired) electrons. The van der Waals surface area contributed by atoms with E-state index in [1.54, 1.807) is 14.2 Å². The van der Waals surface area contributed by atoms with Crippen molar-refractivity contribution in [3.63, 3.8) is 0 Å². The zero-order valence-electron chi connectivity index (χ0n) is 22.3. The van der Waals surface area contributed by atoms with Gasteiger partial charge in [-0.3, -0.25) is 9.69 Å². The minimum atomic E-state index is -0.00921. The van der Waals surface area contributed by atoms with Gasteiger partial charge in [-0.2, -0.15) is 0 Å². The van der Waals surface area contributed by atoms with E-state index in [2.05, 4.69) is 74.6 Å². The maximum Gasteiger partial charge on any atom is 0.224 e. The number of benzene rings is 3. The molecule has 196 valence electrons. The molecule has 0 spiro atoms. The molecule has 1 atom stereocenters. The predicted octanol–water partition coefficient (Wildman–Crippen LogP) is 3.99. The van der Waals surface area contributed by atoms with Crippen LogP contribution in [0.25, 0.3) is 0 Å². The summed E-state index contributed by atoms with van der Waals surface area (Å²) in [6, 6.07) is 24.9. The minimum Gasteiger partial charge on any atom is -0.493 e. The molecule has 0 bridgehead atoms. The van der Waals surface area contributed by atoms with Crippen LogP contribution in [-0.2, 0) is 11.2 Å². The Hall–Kier alpha value is -3.71. The highest BCUT2D eigenvalue weighted by molar-refractivity contribution is 5.78. The van der Waals surface area contributed by atoms with Gasteiger partial charge in [-0.1, -0.05) is 36.4 Å². The second-order valence-corrected chi connectivity index (χ2v) is 9.53. The van der Waals surface area contributed by atoms with Crippen molar-refractivity contribution in [1.29, 1.82) is 0 Å². The summed E-state index contributed by atoms with van der Waals surface area (Å²) in [4.78, 5) is 20.0. The number of methoxy groups -OCH3 is 2. The van der Waals surface area contributed by atoms with Gasteiger partial charge in [0.2, 0.25) is 5.91 Å². The van der Waals surface area contributed by atoms with Crippen molar-refractivity contribution in [2.75, 3.05) is 70.8 Å². The van der Waals surface area contributed by atoms with Crippen molar-refractivity contribution in [2.45, 2.75) is 12.5 Å². The molecule has 1 fully saturated rings. The molecule has 37 heavy (non-hydrogen) atoms. The second-order valence-electron chi connectivity index (χ2n) is 9.53. The predicted molar refractivity (Wildman–Crippen MR) is 150 cm³/mol. The fraction of sp³-hybridized carbons (Fsp3) is 0.367. The SMILES string of the molecule is COc1ccc(CC(=O)NCC(c2ccc(N(C)C)cc2)N2CCN(c3ccccc3)CC2)cc1OC. The van der Waals surface area contributed by atoms with E-state index in [1.165, 1.54) is 11.3 Å². The summed E-state index contributed by atoms with van der Waals surface area (Å²) in [6.07, 6.45) is 0.286. The van der Waals surface area contributed by atoms with E-state index in [9.17, 15) is 4.79 Å². The Balaban J connectivity index is 1.44. The summed E-state index contributed by atoms with van der Waals surface area (Å²) in [5, 5.41) is 3.20. The molecule has 7 heteroatoms. The van der Waals surface area contributed by atoms with Crippen molar-refractivity contribution in [2.24, 2.45) is 0 Å². The van der Waals surface area contributed by atoms with Crippen molar-refractivity contribution in [3.8, 4) is 11.5 Å². The van der Waals surface area contributed by atoms with E-state index in [4.69, 9.17) is 9.47 Å². The van der Waals surface area contributed by atoms with E-state index in [-0.39, 0.29) is 18.4 Å². The van der Waals surface area contributed by atoms with Gasteiger partial charge < -0.3 is 24.6 Å². The highest BCUT2D eigenvalue weighted by atomic mass is 16.5. The zero-order valence-corrected chi connectivity index (χ0v) is 22.3. The molecule has 3 aromatic rings. The van der Waals surface area contributed by atoms with Gasteiger partial charge in [0.1, 0.15) is 0 Å². The lowest BCUT2D eigenvalue weighted by molar-refractivity contribution is -0.120. The summed E-state index contributed by atoms with van der Waals surface area (Å²) < 4.78 is 10.7. The average molecular weight is 503 g/mol. The summed E-state index contributed by atoms with van der Waals surface area (Å²) in [7, 11) is 7.30. The summed E-state index contributed by atoms with van der Waals surface area (Å²) in [5.74, 6) is 1.27. The number of rotatable bonds is 10. The first kappa shape index (κ1) is 26.4. The van der Waals surface area contributed by atoms with Crippen molar-refractivity contribution in [3.05, 3.63) is 83.9 Å². The van der Waals surface area contributed by atoms with Crippen LogP contribution in [0.15, 0.2) is 72.8 Å². The smallest absolute Gasteiger partial charge is 0.224 e. The van der Waals surface area contributed by atoms with Crippen LogP contribution >= 0.6 is 0 Å². The zero-order chi connectivity index (χ0) is 26.2. The van der Waals surface area contributed by atoms with Crippen LogP contribution in [0.1, 0.15) is 17.2 Å². The Morgan fingerprint density at radius 2 is 1.57 bits per heavy atom. The number of carbonyl (C=O) groups excluding carboxylic acids is 1.